The first-order valence-electron chi connectivity index (χ1n) is 13.3. The average molecular weight is 705 g/mol. The molecule has 0 N–H and O–H groups in total. The van der Waals surface area contributed by atoms with Crippen LogP contribution in [-0.4, -0.2) is 44.1 Å². The van der Waals surface area contributed by atoms with Crippen molar-refractivity contribution >= 4 is 46.0 Å². The van der Waals surface area contributed by atoms with Gasteiger partial charge in [-0.25, -0.2) is 9.79 Å². The van der Waals surface area contributed by atoms with E-state index in [-0.39, 0.29) is 23.8 Å². The van der Waals surface area contributed by atoms with Gasteiger partial charge in [0.05, 0.1) is 52.3 Å². The molecule has 0 amide bonds. The van der Waals surface area contributed by atoms with Crippen LogP contribution in [0.5, 0.6) is 23.0 Å². The summed E-state index contributed by atoms with van der Waals surface area (Å²) in [5.41, 5.74) is 1.89. The zero-order valence-electron chi connectivity index (χ0n) is 24.4. The van der Waals surface area contributed by atoms with Crippen molar-refractivity contribution in [1.82, 2.24) is 4.57 Å². The van der Waals surface area contributed by atoms with Gasteiger partial charge in [0.1, 0.15) is 6.61 Å². The highest BCUT2D eigenvalue weighted by atomic mass is 127. The van der Waals surface area contributed by atoms with Gasteiger partial charge in [0.25, 0.3) is 5.56 Å². The predicted octanol–water partition coefficient (Wildman–Crippen LogP) is 4.77. The highest BCUT2D eigenvalue weighted by molar-refractivity contribution is 14.1. The highest BCUT2D eigenvalue weighted by Gasteiger charge is 2.34. The molecule has 3 aromatic rings. The minimum absolute atomic E-state index is 0.0658. The fraction of sp³-hybridized carbons (Fsp3) is 0.323. The summed E-state index contributed by atoms with van der Waals surface area (Å²) in [7, 11) is 3.11. The van der Waals surface area contributed by atoms with Gasteiger partial charge in [-0.2, -0.15) is 0 Å². The molecule has 9 nitrogen and oxygen atoms in total. The van der Waals surface area contributed by atoms with Gasteiger partial charge in [-0.3, -0.25) is 9.36 Å². The number of carbonyl (C=O) groups is 1. The van der Waals surface area contributed by atoms with Gasteiger partial charge in [-0.05, 0) is 91.8 Å². The molecule has 0 aliphatic carbocycles. The Kier molecular flexibility index (Phi) is 10.2. The zero-order valence-corrected chi connectivity index (χ0v) is 27.3. The Balaban J connectivity index is 1.92. The third-order valence-corrected chi connectivity index (χ3v) is 8.06. The van der Waals surface area contributed by atoms with Gasteiger partial charge in [0, 0.05) is 0 Å². The summed E-state index contributed by atoms with van der Waals surface area (Å²) in [6.07, 6.45) is 3.38. The Labute approximate surface area is 261 Å². The molecule has 0 fully saturated rings. The molecule has 42 heavy (non-hydrogen) atoms. The number of nitrogens with zero attached hydrogens (tertiary/aromatic N) is 2. The van der Waals surface area contributed by atoms with Crippen molar-refractivity contribution in [1.29, 1.82) is 0 Å². The second-order valence-corrected chi connectivity index (χ2v) is 11.7. The maximum atomic E-state index is 14.0. The molecule has 0 saturated carbocycles. The van der Waals surface area contributed by atoms with Crippen molar-refractivity contribution in [2.75, 3.05) is 27.4 Å². The molecule has 0 radical (unpaired) electrons. The standard InChI is InChI=1S/C31H33IN2O7S/c1-8-12-40-28-21(32)13-19(14-24(28)38-7)15-25-29(35)34-27(20-10-11-22(41-17(3)4)23(16-20)37-6)26(30(36)39-9-2)18(5)33-31(34)42-25/h8,10-11,13-17,27H,1,9,12H2,2-7H3/b25-15+/t27-/m0/s1. The highest BCUT2D eigenvalue weighted by Crippen LogP contribution is 2.37. The number of ether oxygens (including phenoxy) is 5. The third-order valence-electron chi connectivity index (χ3n) is 6.28. The normalized spacial score (nSPS) is 14.8. The summed E-state index contributed by atoms with van der Waals surface area (Å²) in [6.45, 7) is 11.6. The largest absolute Gasteiger partial charge is 0.493 e. The molecule has 2 heterocycles. The van der Waals surface area contributed by atoms with Crippen molar-refractivity contribution in [3.63, 3.8) is 0 Å². The summed E-state index contributed by atoms with van der Waals surface area (Å²) < 4.78 is 31.0. The Morgan fingerprint density at radius 2 is 1.90 bits per heavy atom. The number of carbonyl (C=O) groups excluding carboxylic acids is 1. The lowest BCUT2D eigenvalue weighted by molar-refractivity contribution is -0.139. The van der Waals surface area contributed by atoms with Crippen LogP contribution in [0.2, 0.25) is 0 Å². The van der Waals surface area contributed by atoms with Crippen molar-refractivity contribution in [2.24, 2.45) is 4.99 Å². The fourth-order valence-corrected chi connectivity index (χ4v) is 6.40. The number of allylic oxidation sites excluding steroid dienone is 1. The summed E-state index contributed by atoms with van der Waals surface area (Å²) in [6, 6.07) is 8.33. The molecule has 0 unspecified atom stereocenters. The summed E-state index contributed by atoms with van der Waals surface area (Å²) in [5.74, 6) is 1.66. The number of thiazole rings is 1. The fourth-order valence-electron chi connectivity index (χ4n) is 4.57. The molecule has 2 aromatic carbocycles. The molecule has 1 aliphatic rings. The van der Waals surface area contributed by atoms with E-state index in [1.807, 2.05) is 32.0 Å². The summed E-state index contributed by atoms with van der Waals surface area (Å²) in [4.78, 5) is 32.4. The number of benzene rings is 2. The van der Waals surface area contributed by atoms with Gasteiger partial charge in [-0.1, -0.05) is 30.1 Å². The maximum Gasteiger partial charge on any atom is 0.338 e. The van der Waals surface area contributed by atoms with E-state index in [1.54, 1.807) is 52.4 Å². The smallest absolute Gasteiger partial charge is 0.338 e. The third kappa shape index (κ3) is 6.41. The predicted molar refractivity (Wildman–Crippen MR) is 171 cm³/mol. The Bertz CT molecular complexity index is 1720. The quantitative estimate of drug-likeness (QED) is 0.161. The molecule has 1 aromatic heterocycles. The van der Waals surface area contributed by atoms with E-state index in [4.69, 9.17) is 23.7 Å². The first kappa shape index (κ1) is 31.4. The van der Waals surface area contributed by atoms with Crippen LogP contribution >= 0.6 is 33.9 Å². The first-order chi connectivity index (χ1) is 20.1. The maximum absolute atomic E-state index is 14.0. The van der Waals surface area contributed by atoms with Gasteiger partial charge < -0.3 is 23.7 Å². The summed E-state index contributed by atoms with van der Waals surface area (Å²) in [5, 5.41) is 0. The van der Waals surface area contributed by atoms with Gasteiger partial charge in [0.2, 0.25) is 0 Å². The molecule has 11 heteroatoms. The minimum atomic E-state index is -0.784. The van der Waals surface area contributed by atoms with Gasteiger partial charge in [-0.15, -0.1) is 0 Å². The first-order valence-corrected chi connectivity index (χ1v) is 15.2. The second-order valence-electron chi connectivity index (χ2n) is 9.51. The van der Waals surface area contributed by atoms with E-state index in [0.717, 1.165) is 9.13 Å². The number of hydrogen-bond acceptors (Lipinski definition) is 9. The number of halogens is 1. The summed E-state index contributed by atoms with van der Waals surface area (Å²) >= 11 is 3.42. The number of esters is 1. The van der Waals surface area contributed by atoms with Crippen LogP contribution < -0.4 is 33.8 Å². The molecule has 0 saturated heterocycles. The van der Waals surface area contributed by atoms with Crippen molar-refractivity contribution in [2.45, 2.75) is 39.8 Å². The molecule has 4 rings (SSSR count). The van der Waals surface area contributed by atoms with E-state index in [0.29, 0.717) is 50.2 Å². The number of methoxy groups -OCH3 is 2. The molecular weight excluding hydrogens is 671 g/mol. The van der Waals surface area contributed by atoms with E-state index >= 15 is 0 Å². The van der Waals surface area contributed by atoms with Crippen LogP contribution in [0.25, 0.3) is 6.08 Å². The average Bonchev–Trinajstić information content (AvgIpc) is 3.25. The lowest BCUT2D eigenvalue weighted by Gasteiger charge is -2.25. The van der Waals surface area contributed by atoms with Gasteiger partial charge in [0.15, 0.2) is 27.8 Å². The molecular formula is C31H33IN2O7S. The van der Waals surface area contributed by atoms with Crippen LogP contribution in [0.3, 0.4) is 0 Å². The van der Waals surface area contributed by atoms with E-state index in [9.17, 15) is 9.59 Å². The number of hydrogen-bond donors (Lipinski definition) is 0. The Morgan fingerprint density at radius 1 is 1.17 bits per heavy atom. The van der Waals surface area contributed by atoms with Crippen LogP contribution in [0.15, 0.2) is 64.0 Å². The molecule has 1 atom stereocenters. The van der Waals surface area contributed by atoms with E-state index in [1.165, 1.54) is 15.9 Å². The zero-order chi connectivity index (χ0) is 30.6. The molecule has 1 aliphatic heterocycles. The lowest BCUT2D eigenvalue weighted by Crippen LogP contribution is -2.40. The molecule has 222 valence electrons. The molecule has 0 spiro atoms. The minimum Gasteiger partial charge on any atom is -0.493 e. The van der Waals surface area contributed by atoms with Gasteiger partial charge >= 0.3 is 5.97 Å². The van der Waals surface area contributed by atoms with Crippen molar-refractivity contribution in [3.8, 4) is 23.0 Å². The van der Waals surface area contributed by atoms with Crippen molar-refractivity contribution < 1.29 is 28.5 Å². The second kappa shape index (κ2) is 13.6. The number of aromatic nitrogens is 1. The topological polar surface area (TPSA) is 97.6 Å². The lowest BCUT2D eigenvalue weighted by atomic mass is 9.95. The van der Waals surface area contributed by atoms with Crippen LogP contribution in [0.4, 0.5) is 0 Å². The van der Waals surface area contributed by atoms with Crippen LogP contribution in [0.1, 0.15) is 44.9 Å². The number of rotatable bonds is 11. The van der Waals surface area contributed by atoms with E-state index in [2.05, 4.69) is 34.2 Å². The van der Waals surface area contributed by atoms with E-state index < -0.39 is 12.0 Å². The SMILES string of the molecule is C=CCOc1c(I)cc(/C=c2/sc3n(c2=O)[C@@H](c2ccc(OC(C)C)c(OC)c2)C(C(=O)OCC)=C(C)N=3)cc1OC. The van der Waals surface area contributed by atoms with Crippen LogP contribution in [0, 0.1) is 3.57 Å². The Morgan fingerprint density at radius 3 is 2.55 bits per heavy atom. The number of fused-ring (bicyclic) bond motifs is 1. The Hall–Kier alpha value is -3.58. The monoisotopic (exact) mass is 704 g/mol. The van der Waals surface area contributed by atoms with Crippen LogP contribution in [-0.2, 0) is 9.53 Å². The van der Waals surface area contributed by atoms with Crippen molar-refractivity contribution in [3.05, 3.63) is 88.6 Å². The molecule has 0 bridgehead atoms.